The maximum absolute atomic E-state index is 12.3. The Balaban J connectivity index is 0.897. The van der Waals surface area contributed by atoms with Crippen molar-refractivity contribution in [2.24, 2.45) is 0 Å². The number of benzene rings is 10. The van der Waals surface area contributed by atoms with Crippen molar-refractivity contribution in [1.82, 2.24) is 9.13 Å². The standard InChI is InChI=1S/C66H41N3O4/c70-65-36-26-48-24-30-53(40-63(48)72-65)68-59-12-6-4-10-55(59)57-38-51(32-34-61(57)68)67(50-28-22-47(23-29-50)46-20-18-45(19-21-46)44-16-14-43(15-17-44)42-8-2-1-3-9-42)52-33-35-62-58(39-52)56-11-5-7-13-60(56)69(62)54-31-25-49-27-37-66(71)73-64(49)41-54/h1-41H. The van der Waals surface area contributed by atoms with E-state index in [-0.39, 0.29) is 11.3 Å². The van der Waals surface area contributed by atoms with E-state index in [2.05, 4.69) is 208 Å². The molecule has 0 atom stereocenters. The van der Waals surface area contributed by atoms with E-state index in [0.29, 0.717) is 11.2 Å². The average Bonchev–Trinajstić information content (AvgIpc) is 3.95. The van der Waals surface area contributed by atoms with Gasteiger partial charge in [-0.1, -0.05) is 127 Å². The zero-order chi connectivity index (χ0) is 48.6. The van der Waals surface area contributed by atoms with Crippen molar-refractivity contribution in [2.45, 2.75) is 0 Å². The zero-order valence-corrected chi connectivity index (χ0v) is 39.1. The second kappa shape index (κ2) is 16.9. The molecule has 0 fully saturated rings. The van der Waals surface area contributed by atoms with Crippen molar-refractivity contribution in [3.63, 3.8) is 0 Å². The van der Waals surface area contributed by atoms with Crippen LogP contribution in [0.25, 0.3) is 110 Å². The molecule has 73 heavy (non-hydrogen) atoms. The van der Waals surface area contributed by atoms with Crippen molar-refractivity contribution in [3.05, 3.63) is 270 Å². The topological polar surface area (TPSA) is 73.5 Å². The monoisotopic (exact) mass is 939 g/mol. The fourth-order valence-electron chi connectivity index (χ4n) is 10.7. The number of hydrogen-bond acceptors (Lipinski definition) is 5. The van der Waals surface area contributed by atoms with Gasteiger partial charge in [-0.2, -0.15) is 0 Å². The molecule has 0 bridgehead atoms. The van der Waals surface area contributed by atoms with Crippen LogP contribution in [0.3, 0.4) is 0 Å². The van der Waals surface area contributed by atoms with Gasteiger partial charge in [0.1, 0.15) is 11.2 Å². The van der Waals surface area contributed by atoms with Crippen LogP contribution in [-0.2, 0) is 0 Å². The van der Waals surface area contributed by atoms with E-state index in [1.807, 2.05) is 30.3 Å². The summed E-state index contributed by atoms with van der Waals surface area (Å²) in [5, 5.41) is 6.09. The third kappa shape index (κ3) is 7.21. The van der Waals surface area contributed by atoms with Crippen LogP contribution >= 0.6 is 0 Å². The number of rotatable bonds is 8. The van der Waals surface area contributed by atoms with Gasteiger partial charge in [0.05, 0.1) is 22.1 Å². The summed E-state index contributed by atoms with van der Waals surface area (Å²) < 4.78 is 15.8. The molecule has 14 aromatic rings. The van der Waals surface area contributed by atoms with Crippen LogP contribution in [0.5, 0.6) is 0 Å². The molecular weight excluding hydrogens is 899 g/mol. The van der Waals surface area contributed by atoms with Gasteiger partial charge < -0.3 is 22.9 Å². The van der Waals surface area contributed by atoms with Crippen LogP contribution in [0.1, 0.15) is 0 Å². The van der Waals surface area contributed by atoms with Gasteiger partial charge in [-0.3, -0.25) is 0 Å². The number of hydrogen-bond donors (Lipinski definition) is 0. The Morgan fingerprint density at radius 2 is 0.644 bits per heavy atom. The van der Waals surface area contributed by atoms with Crippen molar-refractivity contribution in [2.75, 3.05) is 4.90 Å². The Kier molecular flexibility index (Phi) is 9.69. The summed E-state index contributed by atoms with van der Waals surface area (Å²) in [6, 6.07) is 85.6. The summed E-state index contributed by atoms with van der Waals surface area (Å²) in [7, 11) is 0. The molecule has 7 heteroatoms. The first-order chi connectivity index (χ1) is 36.0. The van der Waals surface area contributed by atoms with Gasteiger partial charge in [0, 0.05) is 85.0 Å². The summed E-state index contributed by atoms with van der Waals surface area (Å²) in [5.41, 5.74) is 16.2. The lowest BCUT2D eigenvalue weighted by Gasteiger charge is -2.26. The fraction of sp³-hybridized carbons (Fsp3) is 0. The van der Waals surface area contributed by atoms with E-state index in [0.717, 1.165) is 93.9 Å². The Hall–Kier alpha value is -9.98. The minimum atomic E-state index is -0.380. The Morgan fingerprint density at radius 1 is 0.288 bits per heavy atom. The largest absolute Gasteiger partial charge is 0.423 e. The smallest absolute Gasteiger partial charge is 0.336 e. The number of para-hydroxylation sites is 2. The van der Waals surface area contributed by atoms with Gasteiger partial charge in [0.2, 0.25) is 0 Å². The minimum Gasteiger partial charge on any atom is -0.423 e. The summed E-state index contributed by atoms with van der Waals surface area (Å²) in [4.78, 5) is 26.9. The lowest BCUT2D eigenvalue weighted by atomic mass is 9.98. The van der Waals surface area contributed by atoms with E-state index >= 15 is 0 Å². The molecule has 0 saturated carbocycles. The molecule has 0 amide bonds. The molecule has 0 N–H and O–H groups in total. The van der Waals surface area contributed by atoms with Crippen LogP contribution in [0.15, 0.2) is 267 Å². The highest BCUT2D eigenvalue weighted by molar-refractivity contribution is 6.13. The molecule has 10 aromatic carbocycles. The normalized spacial score (nSPS) is 11.7. The second-order valence-electron chi connectivity index (χ2n) is 18.5. The van der Waals surface area contributed by atoms with Crippen LogP contribution in [0, 0.1) is 0 Å². The molecule has 0 saturated heterocycles. The Morgan fingerprint density at radius 3 is 1.10 bits per heavy atom. The van der Waals surface area contributed by atoms with Gasteiger partial charge >= 0.3 is 11.3 Å². The van der Waals surface area contributed by atoms with Crippen molar-refractivity contribution >= 4 is 82.6 Å². The first-order valence-electron chi connectivity index (χ1n) is 24.3. The number of nitrogens with zero attached hydrogens (tertiary/aromatic N) is 3. The van der Waals surface area contributed by atoms with Gasteiger partial charge in [-0.15, -0.1) is 0 Å². The van der Waals surface area contributed by atoms with Crippen LogP contribution < -0.4 is 16.2 Å². The lowest BCUT2D eigenvalue weighted by molar-refractivity contribution is 0.560. The predicted octanol–water partition coefficient (Wildman–Crippen LogP) is 16.6. The molecule has 14 rings (SSSR count). The molecule has 344 valence electrons. The van der Waals surface area contributed by atoms with Crippen LogP contribution in [-0.4, -0.2) is 9.13 Å². The highest BCUT2D eigenvalue weighted by Crippen LogP contribution is 2.43. The zero-order valence-electron chi connectivity index (χ0n) is 39.1. The van der Waals surface area contributed by atoms with Crippen molar-refractivity contribution < 1.29 is 8.83 Å². The molecule has 0 aliphatic heterocycles. The van der Waals surface area contributed by atoms with E-state index in [4.69, 9.17) is 8.83 Å². The molecule has 4 heterocycles. The highest BCUT2D eigenvalue weighted by atomic mass is 16.4. The molecule has 4 aromatic heterocycles. The summed E-state index contributed by atoms with van der Waals surface area (Å²) in [6.45, 7) is 0. The third-order valence-electron chi connectivity index (χ3n) is 14.2. The number of aromatic nitrogens is 2. The molecule has 0 aliphatic carbocycles. The SMILES string of the molecule is O=c1ccc2ccc(-n3c4ccccc4c4cc(N(c5ccc(-c6ccc(-c7ccc(-c8ccccc8)cc7)cc6)cc5)c5ccc6c(c5)c5ccccc5n6-c5ccc6ccc(=O)oc6c5)ccc43)cc2o1. The Bertz CT molecular complexity index is 4370. The quantitative estimate of drug-likeness (QED) is 0.142. The lowest BCUT2D eigenvalue weighted by Crippen LogP contribution is -2.10. The van der Waals surface area contributed by atoms with Crippen LogP contribution in [0.4, 0.5) is 17.1 Å². The van der Waals surface area contributed by atoms with Gasteiger partial charge in [0.15, 0.2) is 0 Å². The number of anilines is 3. The van der Waals surface area contributed by atoms with E-state index in [9.17, 15) is 9.59 Å². The number of fused-ring (bicyclic) bond motifs is 8. The summed E-state index contributed by atoms with van der Waals surface area (Å²) >= 11 is 0. The summed E-state index contributed by atoms with van der Waals surface area (Å²) in [6.07, 6.45) is 0. The third-order valence-corrected chi connectivity index (χ3v) is 14.2. The second-order valence-corrected chi connectivity index (χ2v) is 18.5. The predicted molar refractivity (Wildman–Crippen MR) is 298 cm³/mol. The van der Waals surface area contributed by atoms with Gasteiger partial charge in [0.25, 0.3) is 0 Å². The van der Waals surface area contributed by atoms with E-state index in [1.165, 1.54) is 34.4 Å². The molecule has 0 radical (unpaired) electrons. The first kappa shape index (κ1) is 41.9. The Labute approximate surface area is 417 Å². The maximum atomic E-state index is 12.3. The first-order valence-corrected chi connectivity index (χ1v) is 24.3. The fourth-order valence-corrected chi connectivity index (χ4v) is 10.7. The molecule has 0 aliphatic rings. The van der Waals surface area contributed by atoms with Crippen LogP contribution in [0.2, 0.25) is 0 Å². The van der Waals surface area contributed by atoms with Gasteiger partial charge in [-0.05, 0) is 130 Å². The van der Waals surface area contributed by atoms with E-state index in [1.54, 1.807) is 12.1 Å². The van der Waals surface area contributed by atoms with Gasteiger partial charge in [-0.25, -0.2) is 9.59 Å². The highest BCUT2D eigenvalue weighted by Gasteiger charge is 2.21. The van der Waals surface area contributed by atoms with E-state index < -0.39 is 0 Å². The molecular formula is C66H41N3O4. The maximum Gasteiger partial charge on any atom is 0.336 e. The van der Waals surface area contributed by atoms with Crippen molar-refractivity contribution in [1.29, 1.82) is 0 Å². The molecule has 7 nitrogen and oxygen atoms in total. The van der Waals surface area contributed by atoms with Crippen molar-refractivity contribution in [3.8, 4) is 44.8 Å². The average molecular weight is 940 g/mol. The molecule has 0 unspecified atom stereocenters. The minimum absolute atomic E-state index is 0.380. The molecule has 0 spiro atoms. The summed E-state index contributed by atoms with van der Waals surface area (Å²) in [5.74, 6) is 0.